The van der Waals surface area contributed by atoms with Crippen molar-refractivity contribution in [3.8, 4) is 22.8 Å². The van der Waals surface area contributed by atoms with Crippen molar-refractivity contribution in [1.29, 1.82) is 0 Å². The molecule has 0 atom stereocenters. The van der Waals surface area contributed by atoms with Crippen LogP contribution >= 0.6 is 11.6 Å². The molecule has 0 radical (unpaired) electrons. The van der Waals surface area contributed by atoms with Gasteiger partial charge in [-0.2, -0.15) is 0 Å². The first-order valence-electron chi connectivity index (χ1n) is 8.67. The molecule has 1 N–H and O–H groups in total. The van der Waals surface area contributed by atoms with Crippen molar-refractivity contribution in [1.82, 2.24) is 14.5 Å². The zero-order chi connectivity index (χ0) is 18.8. The molecule has 0 spiro atoms. The number of fused-ring (bicyclic) bond motifs is 1. The van der Waals surface area contributed by atoms with E-state index in [9.17, 15) is 0 Å². The van der Waals surface area contributed by atoms with E-state index in [4.69, 9.17) is 21.1 Å². The SMILES string of the molecule is COc1ccc(OC)c(CCn2cncc2-c2c[nH]c3ccc(Cl)cc23)c1. The fourth-order valence-corrected chi connectivity index (χ4v) is 3.52. The van der Waals surface area contributed by atoms with Crippen LogP contribution in [0.2, 0.25) is 5.02 Å². The number of nitrogens with one attached hydrogen (secondary N) is 1. The minimum Gasteiger partial charge on any atom is -0.497 e. The Bertz CT molecular complexity index is 1080. The first kappa shape index (κ1) is 17.5. The summed E-state index contributed by atoms with van der Waals surface area (Å²) >= 11 is 6.19. The molecule has 5 nitrogen and oxygen atoms in total. The van der Waals surface area contributed by atoms with Gasteiger partial charge >= 0.3 is 0 Å². The van der Waals surface area contributed by atoms with Crippen LogP contribution in [0, 0.1) is 0 Å². The average molecular weight is 382 g/mol. The molecule has 6 heteroatoms. The van der Waals surface area contributed by atoms with Gasteiger partial charge in [0, 0.05) is 34.2 Å². The first-order chi connectivity index (χ1) is 13.2. The Labute approximate surface area is 162 Å². The maximum atomic E-state index is 6.19. The molecule has 4 rings (SSSR count). The fourth-order valence-electron chi connectivity index (χ4n) is 3.35. The Hall–Kier alpha value is -2.92. The lowest BCUT2D eigenvalue weighted by Crippen LogP contribution is -2.03. The monoisotopic (exact) mass is 381 g/mol. The van der Waals surface area contributed by atoms with Gasteiger partial charge in [0.1, 0.15) is 11.5 Å². The van der Waals surface area contributed by atoms with Crippen molar-refractivity contribution in [2.45, 2.75) is 13.0 Å². The van der Waals surface area contributed by atoms with Crippen molar-refractivity contribution in [3.63, 3.8) is 0 Å². The molecule has 0 fully saturated rings. The van der Waals surface area contributed by atoms with E-state index < -0.39 is 0 Å². The van der Waals surface area contributed by atoms with Crippen LogP contribution in [0.4, 0.5) is 0 Å². The Morgan fingerprint density at radius 1 is 1.11 bits per heavy atom. The summed E-state index contributed by atoms with van der Waals surface area (Å²) in [6, 6.07) is 11.7. The average Bonchev–Trinajstić information content (AvgIpc) is 3.31. The number of hydrogen-bond acceptors (Lipinski definition) is 3. The quantitative estimate of drug-likeness (QED) is 0.514. The fraction of sp³-hybridized carbons (Fsp3) is 0.190. The van der Waals surface area contributed by atoms with Gasteiger partial charge < -0.3 is 19.0 Å². The molecule has 2 aromatic heterocycles. The maximum Gasteiger partial charge on any atom is 0.122 e. The molecule has 0 aliphatic rings. The van der Waals surface area contributed by atoms with Crippen molar-refractivity contribution in [3.05, 3.63) is 65.7 Å². The van der Waals surface area contributed by atoms with Gasteiger partial charge in [-0.05, 0) is 48.4 Å². The molecule has 0 amide bonds. The number of nitrogens with zero attached hydrogens (tertiary/aromatic N) is 2. The standard InChI is InChI=1S/C21H20ClN3O2/c1-26-16-4-6-21(27-2)14(9-16)7-8-25-13-23-12-20(25)18-11-24-19-5-3-15(22)10-17(18)19/h3-6,9-13,24H,7-8H2,1-2H3. The van der Waals surface area contributed by atoms with Gasteiger partial charge in [0.05, 0.1) is 32.4 Å². The Kier molecular flexibility index (Phi) is 4.77. The number of imidazole rings is 1. The minimum atomic E-state index is 0.718. The number of H-pyrrole nitrogens is 1. The number of aromatic amines is 1. The van der Waals surface area contributed by atoms with Gasteiger partial charge in [-0.25, -0.2) is 4.98 Å². The number of benzene rings is 2. The van der Waals surface area contributed by atoms with Gasteiger partial charge in [-0.3, -0.25) is 0 Å². The zero-order valence-electron chi connectivity index (χ0n) is 15.2. The van der Waals surface area contributed by atoms with Crippen LogP contribution in [0.5, 0.6) is 11.5 Å². The van der Waals surface area contributed by atoms with E-state index in [0.717, 1.165) is 57.2 Å². The lowest BCUT2D eigenvalue weighted by atomic mass is 10.1. The van der Waals surface area contributed by atoms with E-state index in [1.165, 1.54) is 0 Å². The van der Waals surface area contributed by atoms with E-state index in [2.05, 4.69) is 14.5 Å². The lowest BCUT2D eigenvalue weighted by Gasteiger charge is -2.12. The van der Waals surface area contributed by atoms with Crippen molar-refractivity contribution < 1.29 is 9.47 Å². The summed E-state index contributed by atoms with van der Waals surface area (Å²) in [6.07, 6.45) is 6.53. The summed E-state index contributed by atoms with van der Waals surface area (Å²) in [4.78, 5) is 7.66. The second-order valence-electron chi connectivity index (χ2n) is 6.29. The topological polar surface area (TPSA) is 52.1 Å². The van der Waals surface area contributed by atoms with Gasteiger partial charge in [0.15, 0.2) is 0 Å². The highest BCUT2D eigenvalue weighted by Crippen LogP contribution is 2.31. The minimum absolute atomic E-state index is 0.718. The van der Waals surface area contributed by atoms with Gasteiger partial charge in [0.2, 0.25) is 0 Å². The molecule has 138 valence electrons. The Morgan fingerprint density at radius 2 is 2.00 bits per heavy atom. The highest BCUT2D eigenvalue weighted by molar-refractivity contribution is 6.31. The van der Waals surface area contributed by atoms with Crippen LogP contribution in [-0.4, -0.2) is 28.8 Å². The third-order valence-electron chi connectivity index (χ3n) is 4.74. The second kappa shape index (κ2) is 7.37. The summed E-state index contributed by atoms with van der Waals surface area (Å²) in [5.74, 6) is 1.68. The van der Waals surface area contributed by atoms with E-state index in [-0.39, 0.29) is 0 Å². The van der Waals surface area contributed by atoms with Crippen LogP contribution in [0.3, 0.4) is 0 Å². The smallest absolute Gasteiger partial charge is 0.122 e. The number of ether oxygens (including phenoxy) is 2. The number of methoxy groups -OCH3 is 2. The van der Waals surface area contributed by atoms with Crippen molar-refractivity contribution in [2.24, 2.45) is 0 Å². The highest BCUT2D eigenvalue weighted by Gasteiger charge is 2.12. The van der Waals surface area contributed by atoms with Crippen LogP contribution < -0.4 is 9.47 Å². The predicted molar refractivity (Wildman–Crippen MR) is 108 cm³/mol. The van der Waals surface area contributed by atoms with Gasteiger partial charge in [0.25, 0.3) is 0 Å². The molecule has 0 bridgehead atoms. The molecule has 0 saturated heterocycles. The highest BCUT2D eigenvalue weighted by atomic mass is 35.5. The third-order valence-corrected chi connectivity index (χ3v) is 4.98. The first-order valence-corrected chi connectivity index (χ1v) is 9.05. The van der Waals surface area contributed by atoms with Crippen molar-refractivity contribution in [2.75, 3.05) is 14.2 Å². The molecule has 0 aliphatic carbocycles. The summed E-state index contributed by atoms with van der Waals surface area (Å²) in [6.45, 7) is 0.770. The summed E-state index contributed by atoms with van der Waals surface area (Å²) in [5.41, 5.74) is 4.28. The summed E-state index contributed by atoms with van der Waals surface area (Å²) in [5, 5.41) is 1.80. The molecule has 0 unspecified atom stereocenters. The largest absolute Gasteiger partial charge is 0.497 e. The second-order valence-corrected chi connectivity index (χ2v) is 6.73. The van der Waals surface area contributed by atoms with Crippen LogP contribution in [0.15, 0.2) is 55.1 Å². The molecule has 0 aliphatic heterocycles. The molecule has 27 heavy (non-hydrogen) atoms. The number of aryl methyl sites for hydroxylation is 2. The van der Waals surface area contributed by atoms with Gasteiger partial charge in [-0.15, -0.1) is 0 Å². The zero-order valence-corrected chi connectivity index (χ0v) is 16.0. The third kappa shape index (κ3) is 3.38. The number of rotatable bonds is 6. The van der Waals surface area contributed by atoms with Crippen LogP contribution in [0.1, 0.15) is 5.56 Å². The van der Waals surface area contributed by atoms with E-state index in [0.29, 0.717) is 0 Å². The number of aromatic nitrogens is 3. The molecule has 4 aromatic rings. The molecular formula is C21H20ClN3O2. The molecule has 2 aromatic carbocycles. The van der Waals surface area contributed by atoms with E-state index >= 15 is 0 Å². The van der Waals surface area contributed by atoms with Crippen molar-refractivity contribution >= 4 is 22.5 Å². The Balaban J connectivity index is 1.64. The summed E-state index contributed by atoms with van der Waals surface area (Å²) in [7, 11) is 3.35. The van der Waals surface area contributed by atoms with Crippen LogP contribution in [-0.2, 0) is 13.0 Å². The summed E-state index contributed by atoms with van der Waals surface area (Å²) < 4.78 is 13.0. The van der Waals surface area contributed by atoms with E-state index in [1.807, 2.05) is 55.1 Å². The Morgan fingerprint density at radius 3 is 2.81 bits per heavy atom. The molecule has 0 saturated carbocycles. The molecular weight excluding hydrogens is 362 g/mol. The normalized spacial score (nSPS) is 11.1. The predicted octanol–water partition coefficient (Wildman–Crippen LogP) is 4.94. The van der Waals surface area contributed by atoms with Crippen LogP contribution in [0.25, 0.3) is 22.2 Å². The number of halogens is 1. The maximum absolute atomic E-state index is 6.19. The van der Waals surface area contributed by atoms with E-state index in [1.54, 1.807) is 14.2 Å². The van der Waals surface area contributed by atoms with Gasteiger partial charge in [-0.1, -0.05) is 11.6 Å². The number of hydrogen-bond donors (Lipinski definition) is 1. The lowest BCUT2D eigenvalue weighted by molar-refractivity contribution is 0.397. The molecule has 2 heterocycles.